The Hall–Kier alpha value is -1.45. The summed E-state index contributed by atoms with van der Waals surface area (Å²) in [5.74, 6) is -19.5. The fourth-order valence-electron chi connectivity index (χ4n) is 1.94. The Morgan fingerprint density at radius 1 is 0.917 bits per heavy atom. The van der Waals surface area contributed by atoms with E-state index in [1.165, 1.54) is 0 Å². The Balaban J connectivity index is 3.36. The third-order valence-corrected chi connectivity index (χ3v) is 3.34. The van der Waals surface area contributed by atoms with Crippen molar-refractivity contribution in [2.75, 3.05) is 0 Å². The van der Waals surface area contributed by atoms with Gasteiger partial charge in [-0.25, -0.2) is 0 Å². The van der Waals surface area contributed by atoms with Gasteiger partial charge < -0.3 is 5.11 Å². The average molecular weight is 368 g/mol. The first-order chi connectivity index (χ1) is 10.7. The molecule has 0 aromatic heterocycles. The Bertz CT molecular complexity index is 566. The molecule has 24 heavy (non-hydrogen) atoms. The van der Waals surface area contributed by atoms with Crippen molar-refractivity contribution < 1.29 is 44.6 Å². The molecule has 1 aromatic rings. The van der Waals surface area contributed by atoms with Crippen molar-refractivity contribution in [2.45, 2.75) is 49.8 Å². The molecule has 1 N–H and O–H groups in total. The normalized spacial score (nSPS) is 15.5. The van der Waals surface area contributed by atoms with Crippen LogP contribution in [0.1, 0.15) is 37.0 Å². The van der Waals surface area contributed by atoms with Crippen molar-refractivity contribution in [1.82, 2.24) is 0 Å². The SMILES string of the molecule is CCCC(O)c1cccc(C(F)(F)C(F)(F)C(F)(F)C(F)(F)F)c1. The third kappa shape index (κ3) is 3.33. The van der Waals surface area contributed by atoms with Gasteiger partial charge in [0.2, 0.25) is 0 Å². The first-order valence-corrected chi connectivity index (χ1v) is 6.68. The summed E-state index contributed by atoms with van der Waals surface area (Å²) < 4.78 is 116. The molecule has 0 aliphatic rings. The summed E-state index contributed by atoms with van der Waals surface area (Å²) in [5, 5.41) is 9.64. The summed E-state index contributed by atoms with van der Waals surface area (Å²) >= 11 is 0. The highest BCUT2D eigenvalue weighted by Crippen LogP contribution is 2.56. The van der Waals surface area contributed by atoms with E-state index < -0.39 is 35.6 Å². The van der Waals surface area contributed by atoms with Crippen molar-refractivity contribution in [2.24, 2.45) is 0 Å². The van der Waals surface area contributed by atoms with Gasteiger partial charge in [-0.1, -0.05) is 31.5 Å². The van der Waals surface area contributed by atoms with E-state index in [0.717, 1.165) is 12.1 Å². The highest BCUT2D eigenvalue weighted by molar-refractivity contribution is 5.31. The van der Waals surface area contributed by atoms with Crippen LogP contribution in [0.2, 0.25) is 0 Å². The molecule has 1 atom stereocenters. The van der Waals surface area contributed by atoms with Crippen molar-refractivity contribution in [3.8, 4) is 0 Å². The van der Waals surface area contributed by atoms with Gasteiger partial charge >= 0.3 is 23.9 Å². The molecule has 1 rings (SSSR count). The molecule has 10 heteroatoms. The minimum atomic E-state index is -6.94. The zero-order chi connectivity index (χ0) is 19.0. The molecule has 0 fully saturated rings. The molecule has 0 radical (unpaired) electrons. The van der Waals surface area contributed by atoms with Gasteiger partial charge in [0.05, 0.1) is 6.10 Å². The summed E-state index contributed by atoms with van der Waals surface area (Å²) in [7, 11) is 0. The minimum absolute atomic E-state index is 0.0597. The lowest BCUT2D eigenvalue weighted by atomic mass is 9.94. The van der Waals surface area contributed by atoms with Crippen LogP contribution in [-0.4, -0.2) is 23.1 Å². The van der Waals surface area contributed by atoms with Crippen molar-refractivity contribution >= 4 is 0 Å². The van der Waals surface area contributed by atoms with E-state index in [4.69, 9.17) is 0 Å². The van der Waals surface area contributed by atoms with Gasteiger partial charge in [-0.2, -0.15) is 39.5 Å². The monoisotopic (exact) mass is 368 g/mol. The largest absolute Gasteiger partial charge is 0.460 e. The summed E-state index contributed by atoms with van der Waals surface area (Å²) in [6, 6.07) is 2.42. The molecule has 0 amide bonds. The summed E-state index contributed by atoms with van der Waals surface area (Å²) in [6.07, 6.45) is -7.75. The lowest BCUT2D eigenvalue weighted by Gasteiger charge is -2.34. The highest BCUT2D eigenvalue weighted by Gasteiger charge is 2.82. The van der Waals surface area contributed by atoms with E-state index in [1.807, 2.05) is 0 Å². The number of aliphatic hydroxyl groups excluding tert-OH is 1. The number of benzene rings is 1. The van der Waals surface area contributed by atoms with Gasteiger partial charge in [-0.05, 0) is 18.1 Å². The lowest BCUT2D eigenvalue weighted by molar-refractivity contribution is -0.399. The van der Waals surface area contributed by atoms with Crippen LogP contribution in [0.3, 0.4) is 0 Å². The van der Waals surface area contributed by atoms with Crippen molar-refractivity contribution in [1.29, 1.82) is 0 Å². The zero-order valence-electron chi connectivity index (χ0n) is 12.1. The van der Waals surface area contributed by atoms with Gasteiger partial charge in [-0.3, -0.25) is 0 Å². The number of hydrogen-bond acceptors (Lipinski definition) is 1. The molecular formula is C14H13F9O. The number of alkyl halides is 9. The van der Waals surface area contributed by atoms with Crippen LogP contribution < -0.4 is 0 Å². The fraction of sp³-hybridized carbons (Fsp3) is 0.571. The second-order valence-corrected chi connectivity index (χ2v) is 5.15. The predicted molar refractivity (Wildman–Crippen MR) is 66.2 cm³/mol. The Labute approximate surface area is 131 Å². The molecule has 0 saturated carbocycles. The molecule has 0 spiro atoms. The van der Waals surface area contributed by atoms with Crippen LogP contribution in [-0.2, 0) is 5.92 Å². The molecular weight excluding hydrogens is 355 g/mol. The van der Waals surface area contributed by atoms with Crippen molar-refractivity contribution in [3.63, 3.8) is 0 Å². The second-order valence-electron chi connectivity index (χ2n) is 5.15. The first-order valence-electron chi connectivity index (χ1n) is 6.68. The number of halogens is 9. The quantitative estimate of drug-likeness (QED) is 0.663. The van der Waals surface area contributed by atoms with Crippen molar-refractivity contribution in [3.05, 3.63) is 35.4 Å². The van der Waals surface area contributed by atoms with Gasteiger partial charge in [0.25, 0.3) is 0 Å². The molecule has 0 aliphatic carbocycles. The molecule has 0 heterocycles. The van der Waals surface area contributed by atoms with Gasteiger partial charge in [0, 0.05) is 5.56 Å². The fourth-order valence-corrected chi connectivity index (χ4v) is 1.94. The maximum absolute atomic E-state index is 13.8. The third-order valence-electron chi connectivity index (χ3n) is 3.34. The molecule has 138 valence electrons. The van der Waals surface area contributed by atoms with E-state index in [1.54, 1.807) is 6.92 Å². The van der Waals surface area contributed by atoms with Gasteiger partial charge in [0.1, 0.15) is 0 Å². The summed E-state index contributed by atoms with van der Waals surface area (Å²) in [4.78, 5) is 0. The van der Waals surface area contributed by atoms with Crippen LogP contribution in [0.5, 0.6) is 0 Å². The van der Waals surface area contributed by atoms with E-state index in [0.29, 0.717) is 18.6 Å². The van der Waals surface area contributed by atoms with Gasteiger partial charge in [-0.15, -0.1) is 0 Å². The number of rotatable bonds is 6. The predicted octanol–water partition coefficient (Wildman–Crippen LogP) is 5.44. The standard InChI is InChI=1S/C14H13F9O/c1-2-4-10(24)8-5-3-6-9(7-8)11(15,16)12(17,18)13(19,20)14(21,22)23/h3,5-7,10,24H,2,4H2,1H3. The molecule has 1 nitrogen and oxygen atoms in total. The van der Waals surface area contributed by atoms with Gasteiger partial charge in [0.15, 0.2) is 0 Å². The Morgan fingerprint density at radius 2 is 1.46 bits per heavy atom. The van der Waals surface area contributed by atoms with E-state index in [2.05, 4.69) is 0 Å². The van der Waals surface area contributed by atoms with Crippen LogP contribution in [0.4, 0.5) is 39.5 Å². The Morgan fingerprint density at radius 3 is 1.92 bits per heavy atom. The summed E-state index contributed by atoms with van der Waals surface area (Å²) in [6.45, 7) is 1.62. The molecule has 0 bridgehead atoms. The van der Waals surface area contributed by atoms with E-state index in [-0.39, 0.29) is 12.0 Å². The second kappa shape index (κ2) is 6.45. The highest BCUT2D eigenvalue weighted by atomic mass is 19.4. The lowest BCUT2D eigenvalue weighted by Crippen LogP contribution is -2.59. The first kappa shape index (κ1) is 20.6. The average Bonchev–Trinajstić information content (AvgIpc) is 2.46. The Kier molecular flexibility index (Phi) is 5.54. The minimum Gasteiger partial charge on any atom is -0.388 e. The number of hydrogen-bond donors (Lipinski definition) is 1. The van der Waals surface area contributed by atoms with E-state index >= 15 is 0 Å². The van der Waals surface area contributed by atoms with Crippen LogP contribution in [0.25, 0.3) is 0 Å². The van der Waals surface area contributed by atoms with Crippen LogP contribution in [0.15, 0.2) is 24.3 Å². The topological polar surface area (TPSA) is 20.2 Å². The van der Waals surface area contributed by atoms with Crippen LogP contribution >= 0.6 is 0 Å². The van der Waals surface area contributed by atoms with Crippen LogP contribution in [0, 0.1) is 0 Å². The maximum Gasteiger partial charge on any atom is 0.460 e. The molecule has 0 saturated heterocycles. The van der Waals surface area contributed by atoms with E-state index in [9.17, 15) is 44.6 Å². The molecule has 0 aliphatic heterocycles. The molecule has 1 aromatic carbocycles. The maximum atomic E-state index is 13.8. The summed E-state index contributed by atoms with van der Waals surface area (Å²) in [5.41, 5.74) is -2.04. The number of aliphatic hydroxyl groups is 1. The zero-order valence-corrected chi connectivity index (χ0v) is 12.1. The molecule has 1 unspecified atom stereocenters. The smallest absolute Gasteiger partial charge is 0.388 e.